The molecule has 1 saturated carbocycles. The van der Waals surface area contributed by atoms with Crippen LogP contribution in [-0.4, -0.2) is 35.3 Å². The molecule has 1 N–H and O–H groups in total. The van der Waals surface area contributed by atoms with Crippen LogP contribution in [0.1, 0.15) is 49.7 Å². The lowest BCUT2D eigenvalue weighted by Gasteiger charge is -2.20. The standard InChI is InChI=1S/C13H19N3O3/c17-12(10-5-2-8-18-10)14-7-6-11-15-13(19-16-11)9-3-1-4-9/h9-10H,1-8H2,(H,14,17)/t10-/m1/s1. The second-order valence-corrected chi connectivity index (χ2v) is 5.22. The van der Waals surface area contributed by atoms with E-state index >= 15 is 0 Å². The van der Waals surface area contributed by atoms with Gasteiger partial charge in [0.1, 0.15) is 6.10 Å². The molecule has 2 heterocycles. The zero-order valence-corrected chi connectivity index (χ0v) is 10.9. The molecule has 1 aromatic heterocycles. The molecule has 0 aromatic carbocycles. The number of aromatic nitrogens is 2. The van der Waals surface area contributed by atoms with Crippen molar-refractivity contribution < 1.29 is 14.1 Å². The lowest BCUT2D eigenvalue weighted by Crippen LogP contribution is -2.35. The van der Waals surface area contributed by atoms with Gasteiger partial charge in [-0.15, -0.1) is 0 Å². The fourth-order valence-corrected chi connectivity index (χ4v) is 2.39. The summed E-state index contributed by atoms with van der Waals surface area (Å²) in [6.45, 7) is 1.22. The van der Waals surface area contributed by atoms with Gasteiger partial charge in [-0.25, -0.2) is 0 Å². The van der Waals surface area contributed by atoms with Gasteiger partial charge >= 0.3 is 0 Å². The van der Waals surface area contributed by atoms with E-state index in [1.807, 2.05) is 0 Å². The van der Waals surface area contributed by atoms with Crippen molar-refractivity contribution in [2.75, 3.05) is 13.2 Å². The molecule has 0 spiro atoms. The molecule has 3 rings (SSSR count). The van der Waals surface area contributed by atoms with Crippen LogP contribution in [0, 0.1) is 0 Å². The summed E-state index contributed by atoms with van der Waals surface area (Å²) in [5.74, 6) is 1.86. The summed E-state index contributed by atoms with van der Waals surface area (Å²) in [5.41, 5.74) is 0. The Labute approximate surface area is 111 Å². The molecular formula is C13H19N3O3. The van der Waals surface area contributed by atoms with Crippen LogP contribution in [0.4, 0.5) is 0 Å². The molecule has 19 heavy (non-hydrogen) atoms. The quantitative estimate of drug-likeness (QED) is 0.865. The highest BCUT2D eigenvalue weighted by atomic mass is 16.5. The lowest BCUT2D eigenvalue weighted by atomic mass is 9.85. The normalized spacial score (nSPS) is 23.3. The van der Waals surface area contributed by atoms with Crippen LogP contribution in [0.25, 0.3) is 0 Å². The maximum atomic E-state index is 11.7. The third-order valence-electron chi connectivity index (χ3n) is 3.81. The number of ether oxygens (including phenoxy) is 1. The van der Waals surface area contributed by atoms with Crippen molar-refractivity contribution in [3.8, 4) is 0 Å². The average molecular weight is 265 g/mol. The molecule has 1 aromatic rings. The lowest BCUT2D eigenvalue weighted by molar-refractivity contribution is -0.129. The minimum absolute atomic E-state index is 0.0276. The number of carbonyl (C=O) groups is 1. The fourth-order valence-electron chi connectivity index (χ4n) is 2.39. The van der Waals surface area contributed by atoms with Gasteiger partial charge < -0.3 is 14.6 Å². The van der Waals surface area contributed by atoms with E-state index < -0.39 is 0 Å². The third kappa shape index (κ3) is 2.94. The molecule has 0 unspecified atom stereocenters. The van der Waals surface area contributed by atoms with Crippen LogP contribution in [0.3, 0.4) is 0 Å². The van der Waals surface area contributed by atoms with E-state index in [0.717, 1.165) is 31.6 Å². The van der Waals surface area contributed by atoms with Gasteiger partial charge in [0.2, 0.25) is 11.8 Å². The number of hydrogen-bond acceptors (Lipinski definition) is 5. The topological polar surface area (TPSA) is 77.3 Å². The number of nitrogens with one attached hydrogen (secondary N) is 1. The predicted octanol–water partition coefficient (Wildman–Crippen LogP) is 1.17. The molecule has 0 bridgehead atoms. The van der Waals surface area contributed by atoms with Crippen molar-refractivity contribution in [3.05, 3.63) is 11.7 Å². The van der Waals surface area contributed by atoms with Crippen LogP contribution < -0.4 is 5.32 Å². The van der Waals surface area contributed by atoms with Crippen molar-refractivity contribution in [3.63, 3.8) is 0 Å². The second kappa shape index (κ2) is 5.69. The molecule has 6 heteroatoms. The highest BCUT2D eigenvalue weighted by molar-refractivity contribution is 5.80. The maximum Gasteiger partial charge on any atom is 0.249 e. The van der Waals surface area contributed by atoms with Gasteiger partial charge in [-0.1, -0.05) is 11.6 Å². The second-order valence-electron chi connectivity index (χ2n) is 5.22. The van der Waals surface area contributed by atoms with Crippen LogP contribution in [0.2, 0.25) is 0 Å². The summed E-state index contributed by atoms with van der Waals surface area (Å²) in [6.07, 6.45) is 5.67. The Kier molecular flexibility index (Phi) is 3.77. The first kappa shape index (κ1) is 12.6. The van der Waals surface area contributed by atoms with E-state index in [9.17, 15) is 4.79 Å². The van der Waals surface area contributed by atoms with Gasteiger partial charge in [-0.2, -0.15) is 4.98 Å². The van der Waals surface area contributed by atoms with Gasteiger partial charge in [-0.3, -0.25) is 4.79 Å². The van der Waals surface area contributed by atoms with Gasteiger partial charge in [-0.05, 0) is 25.7 Å². The molecule has 1 aliphatic heterocycles. The molecular weight excluding hydrogens is 246 g/mol. The van der Waals surface area contributed by atoms with E-state index in [1.54, 1.807) is 0 Å². The Balaban J connectivity index is 1.41. The van der Waals surface area contributed by atoms with Crippen LogP contribution in [-0.2, 0) is 16.0 Å². The smallest absolute Gasteiger partial charge is 0.249 e. The summed E-state index contributed by atoms with van der Waals surface area (Å²) in [6, 6.07) is 0. The molecule has 2 aliphatic rings. The van der Waals surface area contributed by atoms with E-state index in [-0.39, 0.29) is 12.0 Å². The van der Waals surface area contributed by atoms with Crippen LogP contribution in [0.5, 0.6) is 0 Å². The summed E-state index contributed by atoms with van der Waals surface area (Å²) >= 11 is 0. The minimum Gasteiger partial charge on any atom is -0.368 e. The Morgan fingerprint density at radius 1 is 1.32 bits per heavy atom. The van der Waals surface area contributed by atoms with Crippen molar-refractivity contribution in [1.29, 1.82) is 0 Å². The van der Waals surface area contributed by atoms with Crippen molar-refractivity contribution in [2.24, 2.45) is 0 Å². The Hall–Kier alpha value is -1.43. The maximum absolute atomic E-state index is 11.7. The Morgan fingerprint density at radius 2 is 2.21 bits per heavy atom. The largest absolute Gasteiger partial charge is 0.368 e. The van der Waals surface area contributed by atoms with E-state index in [0.29, 0.717) is 31.3 Å². The first-order valence-corrected chi connectivity index (χ1v) is 7.05. The summed E-state index contributed by atoms with van der Waals surface area (Å²) < 4.78 is 10.5. The first-order valence-electron chi connectivity index (χ1n) is 7.05. The van der Waals surface area contributed by atoms with Crippen LogP contribution in [0.15, 0.2) is 4.52 Å². The predicted molar refractivity (Wildman–Crippen MR) is 66.6 cm³/mol. The SMILES string of the molecule is O=C(NCCc1noc(C2CCC2)n1)[C@H]1CCCO1. The monoisotopic (exact) mass is 265 g/mol. The molecule has 6 nitrogen and oxygen atoms in total. The molecule has 1 amide bonds. The molecule has 1 aliphatic carbocycles. The number of carbonyl (C=O) groups excluding carboxylic acids is 1. The molecule has 2 fully saturated rings. The van der Waals surface area contributed by atoms with E-state index in [2.05, 4.69) is 15.5 Å². The number of hydrogen-bond donors (Lipinski definition) is 1. The minimum atomic E-state index is -0.268. The van der Waals surface area contributed by atoms with E-state index in [1.165, 1.54) is 6.42 Å². The van der Waals surface area contributed by atoms with Crippen molar-refractivity contribution in [2.45, 2.75) is 50.5 Å². The Morgan fingerprint density at radius 3 is 2.89 bits per heavy atom. The molecule has 104 valence electrons. The van der Waals surface area contributed by atoms with Gasteiger partial charge in [0.15, 0.2) is 5.82 Å². The highest BCUT2D eigenvalue weighted by Crippen LogP contribution is 2.35. The highest BCUT2D eigenvalue weighted by Gasteiger charge is 2.25. The summed E-state index contributed by atoms with van der Waals surface area (Å²) in [5, 5.41) is 6.80. The number of amides is 1. The van der Waals surface area contributed by atoms with Gasteiger partial charge in [0.25, 0.3) is 0 Å². The van der Waals surface area contributed by atoms with Gasteiger partial charge in [0, 0.05) is 25.5 Å². The fraction of sp³-hybridized carbons (Fsp3) is 0.769. The van der Waals surface area contributed by atoms with Crippen molar-refractivity contribution in [1.82, 2.24) is 15.5 Å². The Bertz CT molecular complexity index is 436. The first-order chi connectivity index (χ1) is 9.33. The van der Waals surface area contributed by atoms with E-state index in [4.69, 9.17) is 9.26 Å². The average Bonchev–Trinajstić information content (AvgIpc) is 2.97. The van der Waals surface area contributed by atoms with Crippen LogP contribution >= 0.6 is 0 Å². The summed E-state index contributed by atoms with van der Waals surface area (Å²) in [4.78, 5) is 16.1. The number of nitrogens with zero attached hydrogens (tertiary/aromatic N) is 2. The van der Waals surface area contributed by atoms with Gasteiger partial charge in [0.05, 0.1) is 0 Å². The number of rotatable bonds is 5. The molecule has 0 radical (unpaired) electrons. The molecule has 1 atom stereocenters. The zero-order valence-electron chi connectivity index (χ0n) is 10.9. The summed E-state index contributed by atoms with van der Waals surface area (Å²) in [7, 11) is 0. The third-order valence-corrected chi connectivity index (χ3v) is 3.81. The molecule has 1 saturated heterocycles. The zero-order chi connectivity index (χ0) is 13.1. The van der Waals surface area contributed by atoms with Crippen molar-refractivity contribution >= 4 is 5.91 Å².